The molecule has 0 aliphatic heterocycles. The third-order valence-electron chi connectivity index (χ3n) is 5.72. The highest BCUT2D eigenvalue weighted by Crippen LogP contribution is 2.33. The van der Waals surface area contributed by atoms with Crippen molar-refractivity contribution in [2.45, 2.75) is 14.7 Å². The molecule has 5 rings (SSSR count). The van der Waals surface area contributed by atoms with Gasteiger partial charge in [0.1, 0.15) is 27.2 Å². The number of pyridine rings is 1. The molecule has 5 aromatic rings. The zero-order chi connectivity index (χ0) is 29.5. The smallest absolute Gasteiger partial charge is 0.201 e. The van der Waals surface area contributed by atoms with Crippen LogP contribution < -0.4 is 10.5 Å². The molecule has 0 aliphatic rings. The van der Waals surface area contributed by atoms with Gasteiger partial charge < -0.3 is 15.1 Å². The fourth-order valence-electron chi connectivity index (χ4n) is 3.82. The first kappa shape index (κ1) is 29.7. The molecule has 13 nitrogen and oxygen atoms in total. The van der Waals surface area contributed by atoms with Gasteiger partial charge in [-0.1, -0.05) is 36.4 Å². The van der Waals surface area contributed by atoms with Gasteiger partial charge in [0.25, 0.3) is 0 Å². The summed E-state index contributed by atoms with van der Waals surface area (Å²) in [4.78, 5) is 10.0. The Morgan fingerprint density at radius 2 is 1.19 bits per heavy atom. The number of aromatic nitrogens is 4. The third-order valence-corrected chi connectivity index (χ3v) is 7.75. The Morgan fingerprint density at radius 1 is 0.643 bits per heavy atom. The normalized spacial score (nSPS) is 11.5. The number of hydrogen-bond donors (Lipinski definition) is 0. The Bertz CT molecular complexity index is 1780. The van der Waals surface area contributed by atoms with Crippen molar-refractivity contribution < 1.29 is 42.2 Å². The van der Waals surface area contributed by atoms with Gasteiger partial charge in [0.05, 0.1) is 29.0 Å². The van der Waals surface area contributed by atoms with Gasteiger partial charge in [-0.25, -0.2) is 13.4 Å². The maximum absolute atomic E-state index is 11.3. The van der Waals surface area contributed by atoms with E-state index < -0.39 is 10.1 Å². The Balaban J connectivity index is 1.54. The van der Waals surface area contributed by atoms with Crippen molar-refractivity contribution in [2.75, 3.05) is 0 Å². The van der Waals surface area contributed by atoms with Crippen molar-refractivity contribution in [1.82, 2.24) is 20.2 Å². The summed E-state index contributed by atoms with van der Waals surface area (Å²) in [5, 5.41) is 35.9. The molecule has 3 aromatic carbocycles. The van der Waals surface area contributed by atoms with Crippen LogP contribution in [0.4, 0.5) is 0 Å². The van der Waals surface area contributed by atoms with Crippen LogP contribution in [0.5, 0.6) is 0 Å². The SMILES string of the molecule is O=S(=O)([O-])c1ccc(-c2ccnc(-c3nnc(-c4ccc(SOO[O-])cc4)c(-c4ccc(SOO[O-])cc4)n3)c2)cc1. The lowest BCUT2D eigenvalue weighted by Gasteiger charge is -2.12. The van der Waals surface area contributed by atoms with E-state index in [0.29, 0.717) is 49.1 Å². The van der Waals surface area contributed by atoms with Crippen molar-refractivity contribution in [3.05, 3.63) is 91.1 Å². The first-order chi connectivity index (χ1) is 20.4. The summed E-state index contributed by atoms with van der Waals surface area (Å²) in [6.07, 6.45) is 1.55. The van der Waals surface area contributed by atoms with Gasteiger partial charge in [-0.05, 0) is 59.7 Å². The van der Waals surface area contributed by atoms with E-state index >= 15 is 0 Å². The minimum atomic E-state index is -4.57. The molecule has 0 amide bonds. The molecule has 0 bridgehead atoms. The van der Waals surface area contributed by atoms with E-state index in [0.717, 1.165) is 24.1 Å². The van der Waals surface area contributed by atoms with Gasteiger partial charge in [0.15, 0.2) is 0 Å². The monoisotopic (exact) mass is 623 g/mol. The lowest BCUT2D eigenvalue weighted by molar-refractivity contribution is -0.777. The van der Waals surface area contributed by atoms with Gasteiger partial charge in [0, 0.05) is 27.1 Å². The highest BCUT2D eigenvalue weighted by molar-refractivity contribution is 7.94. The Hall–Kier alpha value is -3.81. The molecule has 42 heavy (non-hydrogen) atoms. The molecule has 0 N–H and O–H groups in total. The van der Waals surface area contributed by atoms with Gasteiger partial charge in [-0.15, -0.1) is 10.2 Å². The van der Waals surface area contributed by atoms with E-state index in [9.17, 15) is 23.5 Å². The number of hydrogen-bond acceptors (Lipinski definition) is 15. The summed E-state index contributed by atoms with van der Waals surface area (Å²) < 4.78 is 42.6. The van der Waals surface area contributed by atoms with Crippen LogP contribution in [0.3, 0.4) is 0 Å². The summed E-state index contributed by atoms with van der Waals surface area (Å²) in [6, 6.07) is 22.8. The van der Waals surface area contributed by atoms with E-state index in [1.807, 2.05) is 0 Å². The Morgan fingerprint density at radius 3 is 1.74 bits per heavy atom. The highest BCUT2D eigenvalue weighted by Gasteiger charge is 2.16. The number of nitrogens with zero attached hydrogens (tertiary/aromatic N) is 4. The van der Waals surface area contributed by atoms with Crippen LogP contribution >= 0.6 is 24.1 Å². The quantitative estimate of drug-likeness (QED) is 0.0900. The lowest BCUT2D eigenvalue weighted by Crippen LogP contribution is -2.02. The molecular weight excluding hydrogens is 609 g/mol. The molecule has 0 radical (unpaired) electrons. The maximum atomic E-state index is 11.3. The number of benzene rings is 3. The largest absolute Gasteiger partial charge is 0.744 e. The summed E-state index contributed by atoms with van der Waals surface area (Å²) in [7, 11) is -4.57. The van der Waals surface area contributed by atoms with Crippen molar-refractivity contribution in [2.24, 2.45) is 0 Å². The zero-order valence-corrected chi connectivity index (χ0v) is 23.3. The Labute approximate surface area is 247 Å². The molecule has 0 spiro atoms. The van der Waals surface area contributed by atoms with Crippen molar-refractivity contribution in [1.29, 1.82) is 0 Å². The molecular formula is C26H15N4O9S3-3. The molecule has 0 fully saturated rings. The number of rotatable bonds is 11. The van der Waals surface area contributed by atoms with Crippen LogP contribution in [-0.2, 0) is 28.9 Å². The van der Waals surface area contributed by atoms with Crippen molar-refractivity contribution >= 4 is 34.2 Å². The molecule has 0 aliphatic carbocycles. The molecule has 2 aromatic heterocycles. The van der Waals surface area contributed by atoms with Gasteiger partial charge in [0.2, 0.25) is 5.82 Å². The maximum Gasteiger partial charge on any atom is 0.201 e. The summed E-state index contributed by atoms with van der Waals surface area (Å²) in [5.41, 5.74) is 3.97. The van der Waals surface area contributed by atoms with Crippen LogP contribution in [0.15, 0.2) is 106 Å². The second kappa shape index (κ2) is 13.4. The highest BCUT2D eigenvalue weighted by atomic mass is 32.2. The predicted molar refractivity (Wildman–Crippen MR) is 143 cm³/mol. The van der Waals surface area contributed by atoms with Crippen molar-refractivity contribution in [3.63, 3.8) is 0 Å². The standard InChI is InChI=1S/C26H18N4O9S3/c31-36-38-40-20-7-1-17(2-8-20)24-25(18-3-9-21(10-4-18)41-39-37-32)29-30-26(28-24)23-15-19(13-14-27-23)16-5-11-22(12-6-16)42(33,34)35/h1-15,31-32H,(H,33,34,35)/p-3. The molecule has 16 heteroatoms. The van der Waals surface area contributed by atoms with E-state index in [-0.39, 0.29) is 10.7 Å². The molecule has 2 heterocycles. The minimum absolute atomic E-state index is 0.212. The fraction of sp³-hybridized carbons (Fsp3) is 0. The van der Waals surface area contributed by atoms with Gasteiger partial charge in [-0.2, -0.15) is 8.67 Å². The fourth-order valence-corrected chi connectivity index (χ4v) is 5.00. The van der Waals surface area contributed by atoms with Crippen LogP contribution in [0.2, 0.25) is 0 Å². The first-order valence-electron chi connectivity index (χ1n) is 11.6. The van der Waals surface area contributed by atoms with E-state index in [1.54, 1.807) is 66.9 Å². The molecule has 0 atom stereocenters. The van der Waals surface area contributed by atoms with Crippen LogP contribution in [0.1, 0.15) is 0 Å². The average molecular weight is 624 g/mol. The van der Waals surface area contributed by atoms with Crippen molar-refractivity contribution in [3.8, 4) is 45.2 Å². The topological polar surface area (TPSA) is 192 Å². The van der Waals surface area contributed by atoms with Gasteiger partial charge in [-0.3, -0.25) is 15.1 Å². The average Bonchev–Trinajstić information content (AvgIpc) is 3.03. The predicted octanol–water partition coefficient (Wildman–Crippen LogP) is 3.30. The molecule has 214 valence electrons. The van der Waals surface area contributed by atoms with Crippen LogP contribution in [-0.4, -0.2) is 33.1 Å². The molecule has 0 saturated carbocycles. The third kappa shape index (κ3) is 7.15. The van der Waals surface area contributed by atoms with Gasteiger partial charge >= 0.3 is 0 Å². The zero-order valence-electron chi connectivity index (χ0n) is 20.8. The van der Waals surface area contributed by atoms with Crippen LogP contribution in [0, 0.1) is 0 Å². The summed E-state index contributed by atoms with van der Waals surface area (Å²) in [5.74, 6) is 0.212. The molecule has 0 saturated heterocycles. The first-order valence-corrected chi connectivity index (χ1v) is 14.5. The second-order valence-corrected chi connectivity index (χ2v) is 11.2. The van der Waals surface area contributed by atoms with E-state index in [1.165, 1.54) is 24.3 Å². The van der Waals surface area contributed by atoms with E-state index in [4.69, 9.17) is 4.98 Å². The second-order valence-electron chi connectivity index (χ2n) is 8.23. The lowest BCUT2D eigenvalue weighted by atomic mass is 10.0. The minimum Gasteiger partial charge on any atom is -0.744 e. The molecule has 0 unspecified atom stereocenters. The summed E-state index contributed by atoms with van der Waals surface area (Å²) >= 11 is 1.49. The van der Waals surface area contributed by atoms with E-state index in [2.05, 4.69) is 33.9 Å². The van der Waals surface area contributed by atoms with Crippen LogP contribution in [0.25, 0.3) is 45.2 Å². The Kier molecular flexibility index (Phi) is 9.50. The summed E-state index contributed by atoms with van der Waals surface area (Å²) in [6.45, 7) is 0.